The molecule has 0 aliphatic carbocycles. The van der Waals surface area contributed by atoms with Crippen molar-refractivity contribution >= 4 is 27.5 Å². The molecule has 0 fully saturated rings. The van der Waals surface area contributed by atoms with E-state index in [1.165, 1.54) is 40.6 Å². The number of fused-ring (bicyclic) bond motifs is 1. The number of amides is 1. The van der Waals surface area contributed by atoms with E-state index in [0.717, 1.165) is 0 Å². The molecule has 9 nitrogen and oxygen atoms in total. The zero-order chi connectivity index (χ0) is 25.8. The summed E-state index contributed by atoms with van der Waals surface area (Å²) in [4.78, 5) is 14.6. The number of aliphatic hydroxyl groups is 1. The number of ether oxygens (including phenoxy) is 3. The first-order chi connectivity index (χ1) is 16.6. The average molecular weight is 527 g/mol. The molecule has 0 radical (unpaired) electrons. The van der Waals surface area contributed by atoms with Gasteiger partial charge in [-0.25, -0.2) is 8.42 Å². The SMILES string of the molecule is CO[C@@H](CN(C)C(=O)c1ccc2c(c1)OCO2)[C@H](C)CN([C@@H](C)CO)S(=O)(=O)c1ccc(Cl)cc1. The standard InChI is InChI=1S/C24H31ClN2O7S/c1-16(12-27(17(2)14-28)35(30,31)20-8-6-19(25)7-9-20)23(32-4)13-26(3)24(29)18-5-10-21-22(11-18)34-15-33-21/h5-11,16-17,23,28H,12-15H2,1-4H3/t16-,17+,23+/m1/s1. The monoisotopic (exact) mass is 526 g/mol. The van der Waals surface area contributed by atoms with Gasteiger partial charge in [0.1, 0.15) is 0 Å². The van der Waals surface area contributed by atoms with Crippen molar-refractivity contribution in [2.45, 2.75) is 30.9 Å². The van der Waals surface area contributed by atoms with Crippen LogP contribution >= 0.6 is 11.6 Å². The molecule has 0 aromatic heterocycles. The number of hydrogen-bond donors (Lipinski definition) is 1. The maximum absolute atomic E-state index is 13.3. The summed E-state index contributed by atoms with van der Waals surface area (Å²) in [6.45, 7) is 3.57. The third-order valence-electron chi connectivity index (χ3n) is 6.00. The third-order valence-corrected chi connectivity index (χ3v) is 8.25. The van der Waals surface area contributed by atoms with Crippen molar-refractivity contribution in [2.24, 2.45) is 5.92 Å². The zero-order valence-electron chi connectivity index (χ0n) is 20.2. The molecule has 1 aliphatic heterocycles. The van der Waals surface area contributed by atoms with E-state index >= 15 is 0 Å². The molecule has 1 heterocycles. The summed E-state index contributed by atoms with van der Waals surface area (Å²) in [7, 11) is -0.728. The highest BCUT2D eigenvalue weighted by molar-refractivity contribution is 7.89. The van der Waals surface area contributed by atoms with Gasteiger partial charge in [0.05, 0.1) is 17.6 Å². The van der Waals surface area contributed by atoms with Crippen LogP contribution in [-0.4, -0.2) is 81.4 Å². The van der Waals surface area contributed by atoms with Crippen molar-refractivity contribution in [3.63, 3.8) is 0 Å². The molecule has 0 saturated heterocycles. The third kappa shape index (κ3) is 6.25. The van der Waals surface area contributed by atoms with Crippen molar-refractivity contribution in [3.05, 3.63) is 53.1 Å². The predicted molar refractivity (Wildman–Crippen MR) is 131 cm³/mol. The molecule has 3 rings (SSSR count). The van der Waals surface area contributed by atoms with Gasteiger partial charge in [-0.1, -0.05) is 18.5 Å². The molecule has 1 amide bonds. The molecular formula is C24H31ClN2O7S. The van der Waals surface area contributed by atoms with Gasteiger partial charge in [-0.15, -0.1) is 0 Å². The molecule has 1 aliphatic rings. The lowest BCUT2D eigenvalue weighted by atomic mass is 10.0. The summed E-state index contributed by atoms with van der Waals surface area (Å²) in [5, 5.41) is 10.2. The van der Waals surface area contributed by atoms with Crippen molar-refractivity contribution in [1.29, 1.82) is 0 Å². The smallest absolute Gasteiger partial charge is 0.253 e. The summed E-state index contributed by atoms with van der Waals surface area (Å²) in [6.07, 6.45) is -0.466. The van der Waals surface area contributed by atoms with Gasteiger partial charge in [-0.3, -0.25) is 4.79 Å². The van der Waals surface area contributed by atoms with E-state index in [2.05, 4.69) is 0 Å². The minimum atomic E-state index is -3.91. The number of sulfonamides is 1. The number of carbonyl (C=O) groups is 1. The van der Waals surface area contributed by atoms with E-state index in [0.29, 0.717) is 22.1 Å². The fraction of sp³-hybridized carbons (Fsp3) is 0.458. The highest BCUT2D eigenvalue weighted by Gasteiger charge is 2.33. The summed E-state index contributed by atoms with van der Waals surface area (Å²) in [6, 6.07) is 10.2. The van der Waals surface area contributed by atoms with Gasteiger partial charge in [0.2, 0.25) is 16.8 Å². The Kier molecular flexibility index (Phi) is 9.00. The average Bonchev–Trinajstić information content (AvgIpc) is 3.32. The topological polar surface area (TPSA) is 106 Å². The molecule has 2 aromatic carbocycles. The Morgan fingerprint density at radius 3 is 2.40 bits per heavy atom. The largest absolute Gasteiger partial charge is 0.454 e. The van der Waals surface area contributed by atoms with E-state index in [1.807, 2.05) is 6.92 Å². The van der Waals surface area contributed by atoms with Crippen LogP contribution in [0.3, 0.4) is 0 Å². The number of likely N-dealkylation sites (N-methyl/N-ethyl adjacent to an activating group) is 1. The molecule has 2 aromatic rings. The normalized spacial score (nSPS) is 15.6. The lowest BCUT2D eigenvalue weighted by Crippen LogP contribution is -2.47. The summed E-state index contributed by atoms with van der Waals surface area (Å²) >= 11 is 5.91. The first-order valence-corrected chi connectivity index (χ1v) is 13.0. The van der Waals surface area contributed by atoms with E-state index in [4.69, 9.17) is 25.8 Å². The molecule has 0 unspecified atom stereocenters. The lowest BCUT2D eigenvalue weighted by molar-refractivity contribution is 0.0221. The fourth-order valence-electron chi connectivity index (χ4n) is 3.84. The molecule has 1 N–H and O–H groups in total. The fourth-order valence-corrected chi connectivity index (χ4v) is 5.69. The number of nitrogens with zero attached hydrogens (tertiary/aromatic N) is 2. The van der Waals surface area contributed by atoms with Gasteiger partial charge in [0.15, 0.2) is 11.5 Å². The number of hydrogen-bond acceptors (Lipinski definition) is 7. The molecule has 0 spiro atoms. The van der Waals surface area contributed by atoms with Gasteiger partial charge >= 0.3 is 0 Å². The Labute approximate surface area is 211 Å². The van der Waals surface area contributed by atoms with Crippen molar-refractivity contribution in [1.82, 2.24) is 9.21 Å². The molecule has 11 heteroatoms. The van der Waals surface area contributed by atoms with Crippen LogP contribution < -0.4 is 9.47 Å². The molecule has 3 atom stereocenters. The van der Waals surface area contributed by atoms with E-state index in [1.54, 1.807) is 32.2 Å². The molecule has 35 heavy (non-hydrogen) atoms. The summed E-state index contributed by atoms with van der Waals surface area (Å²) < 4.78 is 44.2. The van der Waals surface area contributed by atoms with Crippen LogP contribution in [0.1, 0.15) is 24.2 Å². The Morgan fingerprint density at radius 1 is 1.11 bits per heavy atom. The second-order valence-electron chi connectivity index (χ2n) is 8.57. The highest BCUT2D eigenvalue weighted by atomic mass is 35.5. The number of aliphatic hydroxyl groups excluding tert-OH is 1. The number of rotatable bonds is 11. The van der Waals surface area contributed by atoms with E-state index in [9.17, 15) is 18.3 Å². The number of halogens is 1. The van der Waals surface area contributed by atoms with Gasteiger partial charge in [-0.2, -0.15) is 4.31 Å². The number of carbonyl (C=O) groups excluding carboxylic acids is 1. The van der Waals surface area contributed by atoms with Crippen molar-refractivity contribution < 1.29 is 32.5 Å². The van der Waals surface area contributed by atoms with Crippen molar-refractivity contribution in [3.8, 4) is 11.5 Å². The van der Waals surface area contributed by atoms with Crippen LogP contribution in [0, 0.1) is 5.92 Å². The van der Waals surface area contributed by atoms with Gasteiger partial charge in [0, 0.05) is 43.9 Å². The molecule has 0 saturated carbocycles. The highest BCUT2D eigenvalue weighted by Crippen LogP contribution is 2.33. The Balaban J connectivity index is 1.73. The van der Waals surface area contributed by atoms with Gasteiger partial charge in [-0.05, 0) is 55.3 Å². The summed E-state index contributed by atoms with van der Waals surface area (Å²) in [5.41, 5.74) is 0.445. The lowest BCUT2D eigenvalue weighted by Gasteiger charge is -2.33. The van der Waals surface area contributed by atoms with Crippen LogP contribution in [0.15, 0.2) is 47.4 Å². The first kappa shape index (κ1) is 27.2. The molecule has 0 bridgehead atoms. The van der Waals surface area contributed by atoms with Gasteiger partial charge < -0.3 is 24.2 Å². The number of benzene rings is 2. The maximum Gasteiger partial charge on any atom is 0.253 e. The minimum Gasteiger partial charge on any atom is -0.454 e. The van der Waals surface area contributed by atoms with E-state index < -0.39 is 22.2 Å². The second-order valence-corrected chi connectivity index (χ2v) is 10.9. The first-order valence-electron chi connectivity index (χ1n) is 11.1. The van der Waals surface area contributed by atoms with Crippen LogP contribution in [0.25, 0.3) is 0 Å². The Morgan fingerprint density at radius 2 is 1.77 bits per heavy atom. The zero-order valence-corrected chi connectivity index (χ0v) is 21.8. The van der Waals surface area contributed by atoms with Crippen LogP contribution in [-0.2, 0) is 14.8 Å². The summed E-state index contributed by atoms with van der Waals surface area (Å²) in [5.74, 6) is 0.574. The minimum absolute atomic E-state index is 0.0806. The quantitative estimate of drug-likeness (QED) is 0.480. The molecule has 192 valence electrons. The van der Waals surface area contributed by atoms with Gasteiger partial charge in [0.25, 0.3) is 5.91 Å². The number of methoxy groups -OCH3 is 1. The second kappa shape index (κ2) is 11.6. The Bertz CT molecular complexity index is 1130. The van der Waals surface area contributed by atoms with Crippen LogP contribution in [0.5, 0.6) is 11.5 Å². The van der Waals surface area contributed by atoms with E-state index in [-0.39, 0.29) is 43.2 Å². The molecular weight excluding hydrogens is 496 g/mol. The maximum atomic E-state index is 13.3. The van der Waals surface area contributed by atoms with Crippen molar-refractivity contribution in [2.75, 3.05) is 40.6 Å². The Hall–Kier alpha value is -2.37. The van der Waals surface area contributed by atoms with Crippen LogP contribution in [0.2, 0.25) is 5.02 Å². The predicted octanol–water partition coefficient (Wildman–Crippen LogP) is 2.86. The van der Waals surface area contributed by atoms with Crippen LogP contribution in [0.4, 0.5) is 0 Å².